The summed E-state index contributed by atoms with van der Waals surface area (Å²) >= 11 is 0. The van der Waals surface area contributed by atoms with Gasteiger partial charge in [0.1, 0.15) is 11.4 Å². The van der Waals surface area contributed by atoms with Crippen LogP contribution in [-0.2, 0) is 0 Å². The molecule has 0 rings (SSSR count). The summed E-state index contributed by atoms with van der Waals surface area (Å²) in [7, 11) is 0. The maximum Gasteiger partial charge on any atom is 0.109 e. The van der Waals surface area contributed by atoms with E-state index < -0.39 is 0 Å². The van der Waals surface area contributed by atoms with Crippen LogP contribution in [-0.4, -0.2) is 12.4 Å². The quantitative estimate of drug-likeness (QED) is 0.348. The highest BCUT2D eigenvalue weighted by atomic mass is 15.1. The molecule has 0 spiro atoms. The van der Waals surface area contributed by atoms with Gasteiger partial charge in [0, 0.05) is 6.20 Å². The molecule has 0 aromatic heterocycles. The zero-order chi connectivity index (χ0) is 8.69. The first kappa shape index (κ1) is 9.42. The molecule has 0 fully saturated rings. The van der Waals surface area contributed by atoms with E-state index in [1.54, 1.807) is 12.2 Å². The van der Waals surface area contributed by atoms with Crippen LogP contribution in [0.4, 0.5) is 0 Å². The molecule has 0 bridgehead atoms. The van der Waals surface area contributed by atoms with Gasteiger partial charge >= 0.3 is 0 Å². The Balaban J connectivity index is 4.64. The van der Waals surface area contributed by atoms with E-state index in [4.69, 9.17) is 11.6 Å². The largest absolute Gasteiger partial charge is 0.403 e. The van der Waals surface area contributed by atoms with Crippen molar-refractivity contribution in [2.24, 2.45) is 21.7 Å². The van der Waals surface area contributed by atoms with E-state index in [1.807, 2.05) is 6.92 Å². The van der Waals surface area contributed by atoms with Crippen LogP contribution in [0.3, 0.4) is 0 Å². The second-order valence-electron chi connectivity index (χ2n) is 1.72. The molecule has 0 aliphatic rings. The van der Waals surface area contributed by atoms with E-state index in [0.29, 0.717) is 11.4 Å². The maximum absolute atomic E-state index is 5.22. The summed E-state index contributed by atoms with van der Waals surface area (Å²) in [5, 5.41) is 3.47. The maximum atomic E-state index is 5.22. The Bertz CT molecular complexity index is 212. The minimum Gasteiger partial charge on any atom is -0.403 e. The third-order valence-corrected chi connectivity index (χ3v) is 1.05. The van der Waals surface area contributed by atoms with E-state index in [0.717, 1.165) is 0 Å². The Morgan fingerprint density at radius 1 is 1.55 bits per heavy atom. The number of rotatable bonds is 3. The molecule has 0 saturated heterocycles. The van der Waals surface area contributed by atoms with Crippen molar-refractivity contribution in [1.82, 2.24) is 0 Å². The summed E-state index contributed by atoms with van der Waals surface area (Å²) in [6, 6.07) is 0. The minimum atomic E-state index is 0.477. The van der Waals surface area contributed by atoms with Gasteiger partial charge in [-0.25, -0.2) is 0 Å². The van der Waals surface area contributed by atoms with Crippen molar-refractivity contribution in [1.29, 1.82) is 0 Å². The predicted octanol–water partition coefficient (Wildman–Crippen LogP) is 0.378. The lowest BCUT2D eigenvalue weighted by atomic mass is 10.2. The fourth-order valence-corrected chi connectivity index (χ4v) is 0.572. The average molecular weight is 152 g/mol. The van der Waals surface area contributed by atoms with Crippen LogP contribution in [0.15, 0.2) is 34.1 Å². The summed E-state index contributed by atoms with van der Waals surface area (Å²) in [5.74, 6) is 5.06. The first-order chi connectivity index (χ1) is 5.29. The molecule has 4 heteroatoms. The molecule has 0 aromatic rings. The zero-order valence-electron chi connectivity index (χ0n) is 6.49. The molecule has 4 nitrogen and oxygen atoms in total. The highest BCUT2D eigenvalue weighted by Gasteiger charge is 1.97. The molecule has 11 heavy (non-hydrogen) atoms. The molecule has 0 unspecified atom stereocenters. The number of aliphatic imine (C=N–C) groups is 1. The summed E-state index contributed by atoms with van der Waals surface area (Å²) in [4.78, 5) is 3.62. The molecule has 0 amide bonds. The Hall–Kier alpha value is -1.58. The Kier molecular flexibility index (Phi) is 4.47. The molecule has 0 saturated carbocycles. The molecule has 0 aliphatic heterocycles. The molecule has 0 radical (unpaired) electrons. The van der Waals surface area contributed by atoms with Crippen molar-refractivity contribution in [2.45, 2.75) is 6.92 Å². The van der Waals surface area contributed by atoms with Crippen molar-refractivity contribution in [2.75, 3.05) is 0 Å². The molecular formula is C7H12N4. The van der Waals surface area contributed by atoms with Crippen LogP contribution in [0.1, 0.15) is 6.92 Å². The van der Waals surface area contributed by atoms with E-state index in [1.165, 1.54) is 6.20 Å². The lowest BCUT2D eigenvalue weighted by Crippen LogP contribution is -2.02. The third kappa shape index (κ3) is 2.66. The van der Waals surface area contributed by atoms with Crippen molar-refractivity contribution in [3.8, 4) is 0 Å². The van der Waals surface area contributed by atoms with Gasteiger partial charge in [-0.3, -0.25) is 4.99 Å². The second-order valence-corrected chi connectivity index (χ2v) is 1.72. The van der Waals surface area contributed by atoms with Crippen molar-refractivity contribution < 1.29 is 0 Å². The van der Waals surface area contributed by atoms with Gasteiger partial charge in [0.15, 0.2) is 0 Å². The summed E-state index contributed by atoms with van der Waals surface area (Å²) < 4.78 is 0. The third-order valence-electron chi connectivity index (χ3n) is 1.05. The normalized spacial score (nSPS) is 13.9. The Morgan fingerprint density at radius 2 is 2.18 bits per heavy atom. The van der Waals surface area contributed by atoms with E-state index >= 15 is 0 Å². The average Bonchev–Trinajstić information content (AvgIpc) is 2.05. The van der Waals surface area contributed by atoms with Gasteiger partial charge in [-0.05, 0) is 19.7 Å². The number of allylic oxidation sites excluding steroid dienone is 2. The molecule has 4 N–H and O–H groups in total. The van der Waals surface area contributed by atoms with Crippen LogP contribution in [0.25, 0.3) is 0 Å². The Labute approximate surface area is 66.0 Å². The topological polar surface area (TPSA) is 76.8 Å². The minimum absolute atomic E-state index is 0.477. The molecular weight excluding hydrogens is 140 g/mol. The van der Waals surface area contributed by atoms with Crippen LogP contribution in [0.5, 0.6) is 0 Å². The van der Waals surface area contributed by atoms with Crippen LogP contribution >= 0.6 is 0 Å². The van der Waals surface area contributed by atoms with Gasteiger partial charge in [-0.2, -0.15) is 5.10 Å². The van der Waals surface area contributed by atoms with Gasteiger partial charge in [-0.1, -0.05) is 6.08 Å². The second kappa shape index (κ2) is 5.22. The van der Waals surface area contributed by atoms with Crippen molar-refractivity contribution in [3.05, 3.63) is 24.0 Å². The summed E-state index contributed by atoms with van der Waals surface area (Å²) in [6.07, 6.45) is 4.80. The standard InChI is InChI=1S/C7H12N4/c1-3-4-6(11-9)7(5-8)10-2/h3-5H,2,8-9H2,1H3/b4-3-,7-5+,11-6-. The van der Waals surface area contributed by atoms with E-state index in [-0.39, 0.29) is 0 Å². The van der Waals surface area contributed by atoms with Crippen molar-refractivity contribution >= 4 is 12.4 Å². The van der Waals surface area contributed by atoms with Crippen LogP contribution < -0.4 is 11.6 Å². The fourth-order valence-electron chi connectivity index (χ4n) is 0.572. The van der Waals surface area contributed by atoms with Crippen LogP contribution in [0.2, 0.25) is 0 Å². The fraction of sp³-hybridized carbons (Fsp3) is 0.143. The van der Waals surface area contributed by atoms with Crippen LogP contribution in [0, 0.1) is 0 Å². The molecule has 0 aliphatic carbocycles. The van der Waals surface area contributed by atoms with Gasteiger partial charge < -0.3 is 11.6 Å². The van der Waals surface area contributed by atoms with Crippen molar-refractivity contribution in [3.63, 3.8) is 0 Å². The highest BCUT2D eigenvalue weighted by molar-refractivity contribution is 6.08. The van der Waals surface area contributed by atoms with Gasteiger partial charge in [-0.15, -0.1) is 0 Å². The molecule has 0 atom stereocenters. The number of nitrogens with zero attached hydrogens (tertiary/aromatic N) is 2. The zero-order valence-corrected chi connectivity index (χ0v) is 6.49. The van der Waals surface area contributed by atoms with E-state index in [2.05, 4.69) is 16.8 Å². The summed E-state index contributed by atoms with van der Waals surface area (Å²) in [6.45, 7) is 5.16. The van der Waals surface area contributed by atoms with Gasteiger partial charge in [0.2, 0.25) is 0 Å². The SMILES string of the molecule is C=NC(=C/N)/C(/C=C\C)=N\N. The summed E-state index contributed by atoms with van der Waals surface area (Å²) in [5.41, 5.74) is 6.22. The number of nitrogens with two attached hydrogens (primary N) is 2. The molecule has 0 aromatic carbocycles. The highest BCUT2D eigenvalue weighted by Crippen LogP contribution is 1.97. The number of hydrogen-bond donors (Lipinski definition) is 2. The first-order valence-electron chi connectivity index (χ1n) is 3.09. The van der Waals surface area contributed by atoms with Gasteiger partial charge in [0.05, 0.1) is 0 Å². The van der Waals surface area contributed by atoms with E-state index in [9.17, 15) is 0 Å². The lowest BCUT2D eigenvalue weighted by molar-refractivity contribution is 1.23. The first-order valence-corrected chi connectivity index (χ1v) is 3.09. The molecule has 0 heterocycles. The number of hydrogen-bond acceptors (Lipinski definition) is 4. The monoisotopic (exact) mass is 152 g/mol. The van der Waals surface area contributed by atoms with Gasteiger partial charge in [0.25, 0.3) is 0 Å². The smallest absolute Gasteiger partial charge is 0.109 e. The Morgan fingerprint density at radius 3 is 2.45 bits per heavy atom. The lowest BCUT2D eigenvalue weighted by Gasteiger charge is -1.96. The molecule has 60 valence electrons. The predicted molar refractivity (Wildman–Crippen MR) is 48.3 cm³/mol. The number of hydrazone groups is 1.